The minimum absolute atomic E-state index is 0.00876. The third-order valence-electron chi connectivity index (χ3n) is 5.80. The highest BCUT2D eigenvalue weighted by Crippen LogP contribution is 2.38. The largest absolute Gasteiger partial charge is 0.383 e. The molecule has 3 fully saturated rings. The lowest BCUT2D eigenvalue weighted by atomic mass is 9.73. The van der Waals surface area contributed by atoms with Crippen LogP contribution in [0.25, 0.3) is 0 Å². The average molecular weight is 366 g/mol. The number of hydrogen-bond acceptors (Lipinski definition) is 5. The molecule has 0 bridgehead atoms. The summed E-state index contributed by atoms with van der Waals surface area (Å²) in [6.45, 7) is 5.28. The fraction of sp³-hybridized carbons (Fsp3) is 0.833. The van der Waals surface area contributed by atoms with E-state index in [-0.39, 0.29) is 23.1 Å². The topological polar surface area (TPSA) is 82.2 Å². The van der Waals surface area contributed by atoms with Gasteiger partial charge in [-0.05, 0) is 19.3 Å². The summed E-state index contributed by atoms with van der Waals surface area (Å²) in [5.74, 6) is 0.272. The summed E-state index contributed by atoms with van der Waals surface area (Å²) in [5.41, 5.74) is 0.00876. The molecule has 3 aliphatic rings. The Kier molecular flexibility index (Phi) is 6.13. The van der Waals surface area contributed by atoms with Crippen LogP contribution in [0.2, 0.25) is 0 Å². The first-order valence-corrected chi connectivity index (χ1v) is 9.55. The van der Waals surface area contributed by atoms with Gasteiger partial charge >= 0.3 is 0 Å². The number of likely N-dealkylation sites (tertiary alicyclic amines) is 2. The van der Waals surface area contributed by atoms with Crippen molar-refractivity contribution in [2.24, 2.45) is 5.41 Å². The maximum Gasteiger partial charge on any atom is 0.236 e. The lowest BCUT2D eigenvalue weighted by molar-refractivity contribution is -0.144. The number of hydrogen-bond donors (Lipinski definition) is 1. The molecule has 3 amide bonds. The third-order valence-corrected chi connectivity index (χ3v) is 5.80. The van der Waals surface area contributed by atoms with Gasteiger partial charge in [0.2, 0.25) is 17.7 Å². The molecule has 3 saturated heterocycles. The quantitative estimate of drug-likeness (QED) is 0.696. The Hall–Kier alpha value is -1.67. The molecule has 26 heavy (non-hydrogen) atoms. The number of ether oxygens (including phenoxy) is 1. The summed E-state index contributed by atoms with van der Waals surface area (Å²) >= 11 is 0. The second-order valence-corrected chi connectivity index (χ2v) is 7.79. The van der Waals surface area contributed by atoms with Crippen molar-refractivity contribution >= 4 is 17.7 Å². The fourth-order valence-electron chi connectivity index (χ4n) is 4.38. The van der Waals surface area contributed by atoms with Gasteiger partial charge in [-0.25, -0.2) is 0 Å². The number of nitrogens with one attached hydrogen (secondary N) is 1. The lowest BCUT2D eigenvalue weighted by Crippen LogP contribution is -2.57. The van der Waals surface area contributed by atoms with Crippen molar-refractivity contribution < 1.29 is 19.1 Å². The van der Waals surface area contributed by atoms with E-state index in [1.54, 1.807) is 7.11 Å². The van der Waals surface area contributed by atoms with Gasteiger partial charge in [-0.2, -0.15) is 0 Å². The van der Waals surface area contributed by atoms with Gasteiger partial charge in [-0.15, -0.1) is 0 Å². The molecule has 146 valence electrons. The zero-order valence-electron chi connectivity index (χ0n) is 15.7. The van der Waals surface area contributed by atoms with E-state index < -0.39 is 0 Å². The molecule has 0 aromatic rings. The van der Waals surface area contributed by atoms with Crippen molar-refractivity contribution in [2.75, 3.05) is 66.1 Å². The standard InChI is InChI=1S/C18H30N4O4/c1-26-10-9-22-14-18(5-3-16(22)24)4-2-7-21(13-18)17(25)12-20-8-6-19-15(23)11-20/h2-14H2,1H3,(H,19,23)/t18-/m0/s1. The molecule has 0 unspecified atom stereocenters. The van der Waals surface area contributed by atoms with Gasteiger partial charge in [0.15, 0.2) is 0 Å². The predicted molar refractivity (Wildman–Crippen MR) is 95.4 cm³/mol. The zero-order chi connectivity index (χ0) is 18.6. The van der Waals surface area contributed by atoms with Gasteiger partial charge in [0.05, 0.1) is 19.7 Å². The van der Waals surface area contributed by atoms with Crippen LogP contribution in [0.15, 0.2) is 0 Å². The third kappa shape index (κ3) is 4.54. The van der Waals surface area contributed by atoms with Crippen molar-refractivity contribution in [3.05, 3.63) is 0 Å². The summed E-state index contributed by atoms with van der Waals surface area (Å²) < 4.78 is 5.12. The molecular weight excluding hydrogens is 336 g/mol. The van der Waals surface area contributed by atoms with Crippen molar-refractivity contribution in [2.45, 2.75) is 25.7 Å². The highest BCUT2D eigenvalue weighted by atomic mass is 16.5. The number of carbonyl (C=O) groups is 3. The second-order valence-electron chi connectivity index (χ2n) is 7.79. The summed E-state index contributed by atoms with van der Waals surface area (Å²) in [5, 5.41) is 2.78. The Morgan fingerprint density at radius 3 is 2.85 bits per heavy atom. The van der Waals surface area contributed by atoms with Crippen molar-refractivity contribution in [1.82, 2.24) is 20.0 Å². The molecule has 0 aliphatic carbocycles. The van der Waals surface area contributed by atoms with Gasteiger partial charge in [-0.3, -0.25) is 19.3 Å². The van der Waals surface area contributed by atoms with Crippen LogP contribution in [-0.2, 0) is 19.1 Å². The molecular formula is C18H30N4O4. The first kappa shape index (κ1) is 19.1. The molecule has 0 aromatic carbocycles. The summed E-state index contributed by atoms with van der Waals surface area (Å²) in [6.07, 6.45) is 3.43. The molecule has 1 N–H and O–H groups in total. The summed E-state index contributed by atoms with van der Waals surface area (Å²) in [7, 11) is 1.64. The fourth-order valence-corrected chi connectivity index (χ4v) is 4.38. The number of piperazine rings is 1. The van der Waals surface area contributed by atoms with E-state index >= 15 is 0 Å². The average Bonchev–Trinajstić information content (AvgIpc) is 2.63. The Morgan fingerprint density at radius 1 is 1.23 bits per heavy atom. The van der Waals surface area contributed by atoms with Crippen LogP contribution in [0, 0.1) is 5.41 Å². The van der Waals surface area contributed by atoms with Crippen LogP contribution in [0.1, 0.15) is 25.7 Å². The van der Waals surface area contributed by atoms with E-state index in [1.165, 1.54) is 0 Å². The van der Waals surface area contributed by atoms with E-state index in [0.29, 0.717) is 52.3 Å². The molecule has 3 heterocycles. The summed E-state index contributed by atoms with van der Waals surface area (Å²) in [6, 6.07) is 0. The van der Waals surface area contributed by atoms with Crippen molar-refractivity contribution in [3.8, 4) is 0 Å². The van der Waals surface area contributed by atoms with Crippen LogP contribution in [0.4, 0.5) is 0 Å². The number of methoxy groups -OCH3 is 1. The molecule has 1 atom stereocenters. The lowest BCUT2D eigenvalue weighted by Gasteiger charge is -2.48. The number of rotatable bonds is 5. The number of nitrogens with zero attached hydrogens (tertiary/aromatic N) is 3. The molecule has 0 aromatic heterocycles. The van der Waals surface area contributed by atoms with Gasteiger partial charge < -0.3 is 19.9 Å². The van der Waals surface area contributed by atoms with Gasteiger partial charge in [0.25, 0.3) is 0 Å². The Morgan fingerprint density at radius 2 is 2.08 bits per heavy atom. The summed E-state index contributed by atoms with van der Waals surface area (Å²) in [4.78, 5) is 42.2. The number of amides is 3. The molecule has 8 heteroatoms. The maximum absolute atomic E-state index is 12.8. The molecule has 0 saturated carbocycles. The van der Waals surface area contributed by atoms with E-state index in [4.69, 9.17) is 4.74 Å². The van der Waals surface area contributed by atoms with E-state index in [1.807, 2.05) is 14.7 Å². The van der Waals surface area contributed by atoms with E-state index in [9.17, 15) is 14.4 Å². The van der Waals surface area contributed by atoms with E-state index in [0.717, 1.165) is 32.4 Å². The van der Waals surface area contributed by atoms with Gasteiger partial charge in [0, 0.05) is 58.2 Å². The molecule has 1 spiro atoms. The SMILES string of the molecule is COCCN1C[C@@]2(CCCN(C(=O)CN3CCNC(=O)C3)C2)CCC1=O. The smallest absolute Gasteiger partial charge is 0.236 e. The molecule has 3 rings (SSSR count). The minimum Gasteiger partial charge on any atom is -0.383 e. The first-order chi connectivity index (χ1) is 12.5. The van der Waals surface area contributed by atoms with Gasteiger partial charge in [-0.1, -0.05) is 0 Å². The predicted octanol–water partition coefficient (Wildman–Crippen LogP) is -0.704. The highest BCUT2D eigenvalue weighted by molar-refractivity contribution is 5.82. The van der Waals surface area contributed by atoms with Gasteiger partial charge in [0.1, 0.15) is 0 Å². The Labute approximate surface area is 154 Å². The molecule has 0 radical (unpaired) electrons. The zero-order valence-corrected chi connectivity index (χ0v) is 15.7. The van der Waals surface area contributed by atoms with Crippen LogP contribution in [0.5, 0.6) is 0 Å². The van der Waals surface area contributed by atoms with E-state index in [2.05, 4.69) is 5.32 Å². The van der Waals surface area contributed by atoms with Crippen LogP contribution in [-0.4, -0.2) is 98.5 Å². The normalized spacial score (nSPS) is 27.7. The maximum atomic E-state index is 12.8. The molecule has 3 aliphatic heterocycles. The minimum atomic E-state index is -0.0151. The number of carbonyl (C=O) groups excluding carboxylic acids is 3. The first-order valence-electron chi connectivity index (χ1n) is 9.55. The Balaban J connectivity index is 1.58. The monoisotopic (exact) mass is 366 g/mol. The number of piperidine rings is 2. The Bertz CT molecular complexity index is 555. The highest BCUT2D eigenvalue weighted by Gasteiger charge is 2.42. The van der Waals surface area contributed by atoms with Crippen LogP contribution in [0.3, 0.4) is 0 Å². The van der Waals surface area contributed by atoms with Crippen molar-refractivity contribution in [3.63, 3.8) is 0 Å². The molecule has 8 nitrogen and oxygen atoms in total. The van der Waals surface area contributed by atoms with Crippen LogP contribution >= 0.6 is 0 Å². The van der Waals surface area contributed by atoms with Crippen LogP contribution < -0.4 is 5.32 Å². The second kappa shape index (κ2) is 8.35. The van der Waals surface area contributed by atoms with Crippen molar-refractivity contribution in [1.29, 1.82) is 0 Å².